The van der Waals surface area contributed by atoms with Crippen LogP contribution in [-0.2, 0) is 4.74 Å². The van der Waals surface area contributed by atoms with Crippen molar-refractivity contribution in [3.05, 3.63) is 35.2 Å². The highest BCUT2D eigenvalue weighted by molar-refractivity contribution is 7.17. The molecule has 1 N–H and O–H groups in total. The molecule has 108 valence electrons. The summed E-state index contributed by atoms with van der Waals surface area (Å²) in [5.41, 5.74) is 0.601. The van der Waals surface area contributed by atoms with E-state index >= 15 is 0 Å². The molecule has 3 rings (SSSR count). The van der Waals surface area contributed by atoms with E-state index in [-0.39, 0.29) is 0 Å². The fourth-order valence-electron chi connectivity index (χ4n) is 3.60. The summed E-state index contributed by atoms with van der Waals surface area (Å²) < 4.78 is 7.03. The molecule has 1 heterocycles. The van der Waals surface area contributed by atoms with E-state index in [9.17, 15) is 5.11 Å². The minimum Gasteiger partial charge on any atom is -0.385 e. The lowest BCUT2D eigenvalue weighted by molar-refractivity contribution is -0.133. The zero-order valence-corrected chi connectivity index (χ0v) is 13.0. The van der Waals surface area contributed by atoms with E-state index < -0.39 is 11.7 Å². The van der Waals surface area contributed by atoms with Crippen LogP contribution in [0.4, 0.5) is 0 Å². The minimum atomic E-state index is -0.544. The van der Waals surface area contributed by atoms with Crippen molar-refractivity contribution in [1.82, 2.24) is 0 Å². The van der Waals surface area contributed by atoms with Crippen LogP contribution in [0.5, 0.6) is 0 Å². The summed E-state index contributed by atoms with van der Waals surface area (Å²) in [6.07, 6.45) is 3.70. The highest BCUT2D eigenvalue weighted by Crippen LogP contribution is 2.45. The number of hydrogen-bond donors (Lipinski definition) is 1. The molecule has 1 aromatic heterocycles. The van der Waals surface area contributed by atoms with Crippen LogP contribution < -0.4 is 0 Å². The SMILES string of the molecule is COC1(C(O)c2cccc3ccsc23)CCCC(C)C1. The molecule has 2 nitrogen and oxygen atoms in total. The molecule has 0 saturated heterocycles. The number of thiophene rings is 1. The Bertz CT molecular complexity index is 591. The summed E-state index contributed by atoms with van der Waals surface area (Å²) in [6.45, 7) is 2.26. The lowest BCUT2D eigenvalue weighted by atomic mass is 9.74. The highest BCUT2D eigenvalue weighted by Gasteiger charge is 2.42. The molecule has 1 fully saturated rings. The van der Waals surface area contributed by atoms with E-state index in [0.717, 1.165) is 24.8 Å². The number of methoxy groups -OCH3 is 1. The van der Waals surface area contributed by atoms with Gasteiger partial charge in [0.05, 0.1) is 5.60 Å². The van der Waals surface area contributed by atoms with Gasteiger partial charge in [-0.25, -0.2) is 0 Å². The summed E-state index contributed by atoms with van der Waals surface area (Å²) in [4.78, 5) is 0. The van der Waals surface area contributed by atoms with Crippen molar-refractivity contribution >= 4 is 21.4 Å². The molecule has 1 saturated carbocycles. The van der Waals surface area contributed by atoms with Gasteiger partial charge in [0.25, 0.3) is 0 Å². The normalized spacial score (nSPS) is 28.6. The molecule has 1 aliphatic rings. The van der Waals surface area contributed by atoms with Crippen molar-refractivity contribution in [3.8, 4) is 0 Å². The Morgan fingerprint density at radius 3 is 3.00 bits per heavy atom. The smallest absolute Gasteiger partial charge is 0.109 e. The number of hydrogen-bond acceptors (Lipinski definition) is 3. The molecule has 0 aliphatic heterocycles. The van der Waals surface area contributed by atoms with Gasteiger partial charge in [-0.3, -0.25) is 0 Å². The van der Waals surface area contributed by atoms with Crippen molar-refractivity contribution in [2.75, 3.05) is 7.11 Å². The first-order chi connectivity index (χ1) is 9.66. The maximum atomic E-state index is 11.0. The van der Waals surface area contributed by atoms with Gasteiger partial charge in [0.15, 0.2) is 0 Å². The number of rotatable bonds is 3. The molecule has 2 aromatic rings. The van der Waals surface area contributed by atoms with Crippen molar-refractivity contribution < 1.29 is 9.84 Å². The van der Waals surface area contributed by atoms with Gasteiger partial charge in [-0.15, -0.1) is 11.3 Å². The van der Waals surface area contributed by atoms with E-state index in [0.29, 0.717) is 5.92 Å². The minimum absolute atomic E-state index is 0.421. The average molecular weight is 290 g/mol. The Hall–Kier alpha value is -0.900. The predicted octanol–water partition coefficient (Wildman–Crippen LogP) is 4.53. The summed E-state index contributed by atoms with van der Waals surface area (Å²) in [7, 11) is 1.75. The Morgan fingerprint density at radius 1 is 1.40 bits per heavy atom. The van der Waals surface area contributed by atoms with Crippen LogP contribution in [0.15, 0.2) is 29.6 Å². The fourth-order valence-corrected chi connectivity index (χ4v) is 4.54. The van der Waals surface area contributed by atoms with Crippen LogP contribution in [0.25, 0.3) is 10.1 Å². The molecule has 3 atom stereocenters. The number of aliphatic hydroxyl groups is 1. The molecule has 0 bridgehead atoms. The monoisotopic (exact) mass is 290 g/mol. The lowest BCUT2D eigenvalue weighted by Gasteiger charge is -2.42. The Morgan fingerprint density at radius 2 is 2.25 bits per heavy atom. The van der Waals surface area contributed by atoms with E-state index in [2.05, 4.69) is 24.4 Å². The first kappa shape index (κ1) is 14.1. The van der Waals surface area contributed by atoms with Gasteiger partial charge >= 0.3 is 0 Å². The maximum absolute atomic E-state index is 11.0. The van der Waals surface area contributed by atoms with E-state index in [1.165, 1.54) is 16.5 Å². The second-order valence-electron chi connectivity index (χ2n) is 6.06. The van der Waals surface area contributed by atoms with E-state index in [4.69, 9.17) is 4.74 Å². The zero-order valence-electron chi connectivity index (χ0n) is 12.1. The third kappa shape index (κ3) is 2.28. The molecule has 3 heteroatoms. The summed E-state index contributed by atoms with van der Waals surface area (Å²) in [5, 5.41) is 14.3. The van der Waals surface area contributed by atoms with Gasteiger partial charge in [-0.1, -0.05) is 38.0 Å². The first-order valence-corrected chi connectivity index (χ1v) is 8.23. The lowest BCUT2D eigenvalue weighted by Crippen LogP contribution is -2.42. The van der Waals surface area contributed by atoms with Gasteiger partial charge < -0.3 is 9.84 Å². The molecule has 1 aliphatic carbocycles. The highest BCUT2D eigenvalue weighted by atomic mass is 32.1. The first-order valence-electron chi connectivity index (χ1n) is 7.35. The Kier molecular flexibility index (Phi) is 3.85. The third-order valence-electron chi connectivity index (χ3n) is 4.70. The standard InChI is InChI=1S/C17H22O2S/c1-12-5-4-9-17(11-12,19-2)16(18)14-7-3-6-13-8-10-20-15(13)14/h3,6-8,10,12,16,18H,4-5,9,11H2,1-2H3. The van der Waals surface area contributed by atoms with Crippen LogP contribution in [0.1, 0.15) is 44.3 Å². The largest absolute Gasteiger partial charge is 0.385 e. The van der Waals surface area contributed by atoms with Gasteiger partial charge in [-0.2, -0.15) is 0 Å². The predicted molar refractivity (Wildman–Crippen MR) is 84.2 cm³/mol. The van der Waals surface area contributed by atoms with Crippen molar-refractivity contribution in [3.63, 3.8) is 0 Å². The van der Waals surface area contributed by atoms with Gasteiger partial charge in [0.1, 0.15) is 6.10 Å². The van der Waals surface area contributed by atoms with Crippen LogP contribution in [0.3, 0.4) is 0 Å². The third-order valence-corrected chi connectivity index (χ3v) is 5.68. The molecule has 1 aromatic carbocycles. The van der Waals surface area contributed by atoms with Crippen LogP contribution in [0.2, 0.25) is 0 Å². The quantitative estimate of drug-likeness (QED) is 0.900. The van der Waals surface area contributed by atoms with E-state index in [1.54, 1.807) is 18.4 Å². The second-order valence-corrected chi connectivity index (χ2v) is 6.98. The molecule has 0 radical (unpaired) electrons. The fraction of sp³-hybridized carbons (Fsp3) is 0.529. The topological polar surface area (TPSA) is 29.5 Å². The number of fused-ring (bicyclic) bond motifs is 1. The summed E-state index contributed by atoms with van der Waals surface area (Å²) >= 11 is 1.70. The van der Waals surface area contributed by atoms with Crippen LogP contribution in [-0.4, -0.2) is 17.8 Å². The van der Waals surface area contributed by atoms with Crippen molar-refractivity contribution in [2.45, 2.75) is 44.3 Å². The Labute approximate surface area is 124 Å². The van der Waals surface area contributed by atoms with Crippen LogP contribution in [0, 0.1) is 5.92 Å². The summed E-state index contributed by atoms with van der Waals surface area (Å²) in [5.74, 6) is 0.612. The number of benzene rings is 1. The van der Waals surface area contributed by atoms with Gasteiger partial charge in [0.2, 0.25) is 0 Å². The average Bonchev–Trinajstić information content (AvgIpc) is 2.94. The molecule has 3 unspecified atom stereocenters. The zero-order chi connectivity index (χ0) is 14.2. The van der Waals surface area contributed by atoms with Crippen molar-refractivity contribution in [2.24, 2.45) is 5.92 Å². The Balaban J connectivity index is 2.01. The van der Waals surface area contributed by atoms with Gasteiger partial charge in [0, 0.05) is 17.4 Å². The maximum Gasteiger partial charge on any atom is 0.109 e. The molecule has 0 spiro atoms. The summed E-state index contributed by atoms with van der Waals surface area (Å²) in [6, 6.07) is 8.29. The number of aliphatic hydroxyl groups excluding tert-OH is 1. The van der Waals surface area contributed by atoms with Gasteiger partial charge in [-0.05, 0) is 35.6 Å². The number of ether oxygens (including phenoxy) is 1. The molecular weight excluding hydrogens is 268 g/mol. The molecule has 0 amide bonds. The van der Waals surface area contributed by atoms with Crippen molar-refractivity contribution in [1.29, 1.82) is 0 Å². The van der Waals surface area contributed by atoms with Crippen LogP contribution >= 0.6 is 11.3 Å². The second kappa shape index (κ2) is 5.47. The van der Waals surface area contributed by atoms with E-state index in [1.807, 2.05) is 12.1 Å². The molecular formula is C17H22O2S. The molecule has 20 heavy (non-hydrogen) atoms.